The number of pyridine rings is 1. The number of rotatable bonds is 1. The monoisotopic (exact) mass is 239 g/mol. The summed E-state index contributed by atoms with van der Waals surface area (Å²) in [5.41, 5.74) is 6.34. The molecule has 17 heavy (non-hydrogen) atoms. The normalized spacial score (nSPS) is 11.2. The van der Waals surface area contributed by atoms with Crippen molar-refractivity contribution in [1.82, 2.24) is 9.90 Å². The Morgan fingerprint density at radius 1 is 1.24 bits per heavy atom. The molecule has 0 spiro atoms. The van der Waals surface area contributed by atoms with E-state index in [1.54, 1.807) is 0 Å². The van der Waals surface area contributed by atoms with Gasteiger partial charge in [-0.1, -0.05) is 0 Å². The minimum absolute atomic E-state index is 0.171. The van der Waals surface area contributed by atoms with Crippen LogP contribution in [0.2, 0.25) is 0 Å². The van der Waals surface area contributed by atoms with Crippen LogP contribution in [0.4, 0.5) is 18.9 Å². The van der Waals surface area contributed by atoms with Crippen LogP contribution < -0.4 is 4.91 Å². The van der Waals surface area contributed by atoms with Gasteiger partial charge in [-0.3, -0.25) is 4.98 Å². The highest BCUT2D eigenvalue weighted by Crippen LogP contribution is 2.32. The molecule has 7 heteroatoms. The molecule has 4 nitrogen and oxygen atoms in total. The highest BCUT2D eigenvalue weighted by atomic mass is 19.4. The van der Waals surface area contributed by atoms with Crippen LogP contribution in [0.1, 0.15) is 5.56 Å². The number of aromatic nitrogens is 1. The van der Waals surface area contributed by atoms with E-state index in [1.165, 1.54) is 18.3 Å². The second-order valence-corrected chi connectivity index (χ2v) is 3.26. The summed E-state index contributed by atoms with van der Waals surface area (Å²) < 4.78 is 37.4. The molecule has 1 heterocycles. The summed E-state index contributed by atoms with van der Waals surface area (Å²) in [5, 5.41) is 3.92. The quantitative estimate of drug-likeness (QED) is 0.601. The maximum absolute atomic E-state index is 12.5. The number of hydrogen-bond donors (Lipinski definition) is 1. The Hall–Kier alpha value is -2.27. The minimum atomic E-state index is -4.40. The molecule has 0 atom stereocenters. The average Bonchev–Trinajstić information content (AvgIpc) is 2.28. The second kappa shape index (κ2) is 3.95. The Morgan fingerprint density at radius 3 is 2.65 bits per heavy atom. The third-order valence-corrected chi connectivity index (χ3v) is 2.20. The molecule has 0 radical (unpaired) electrons. The summed E-state index contributed by atoms with van der Waals surface area (Å²) in [6.45, 7) is 0. The molecule has 0 fully saturated rings. The van der Waals surface area contributed by atoms with E-state index in [-0.39, 0.29) is 5.52 Å². The predicted molar refractivity (Wildman–Crippen MR) is 53.7 cm³/mol. The van der Waals surface area contributed by atoms with Gasteiger partial charge in [0, 0.05) is 11.6 Å². The van der Waals surface area contributed by atoms with Gasteiger partial charge in [0.15, 0.2) is 10.8 Å². The van der Waals surface area contributed by atoms with E-state index in [4.69, 9.17) is 5.53 Å². The fourth-order valence-electron chi connectivity index (χ4n) is 1.45. The molecule has 0 unspecified atom stereocenters. The van der Waals surface area contributed by atoms with E-state index in [0.29, 0.717) is 11.1 Å². The molecule has 0 bridgehead atoms. The van der Waals surface area contributed by atoms with Crippen molar-refractivity contribution in [3.8, 4) is 0 Å². The van der Waals surface area contributed by atoms with Gasteiger partial charge in [-0.2, -0.15) is 13.2 Å². The summed E-state index contributed by atoms with van der Waals surface area (Å²) in [7, 11) is 0. The van der Waals surface area contributed by atoms with Crippen molar-refractivity contribution in [3.63, 3.8) is 0 Å². The van der Waals surface area contributed by atoms with Crippen molar-refractivity contribution < 1.29 is 13.2 Å². The Morgan fingerprint density at radius 2 is 2.00 bits per heavy atom. The van der Waals surface area contributed by atoms with E-state index < -0.39 is 11.7 Å². The summed E-state index contributed by atoms with van der Waals surface area (Å²) >= 11 is 0. The lowest BCUT2D eigenvalue weighted by molar-refractivity contribution is -0.137. The van der Waals surface area contributed by atoms with Crippen LogP contribution in [0.25, 0.3) is 10.9 Å². The molecule has 0 aliphatic rings. The molecule has 0 aliphatic heterocycles. The zero-order valence-corrected chi connectivity index (χ0v) is 8.36. The summed E-state index contributed by atoms with van der Waals surface area (Å²) in [4.78, 5) is 6.69. The number of alkyl halides is 3. The van der Waals surface area contributed by atoms with Gasteiger partial charge in [0.1, 0.15) is 5.53 Å². The van der Waals surface area contributed by atoms with Gasteiger partial charge in [0.05, 0.1) is 11.1 Å². The number of nitrogens with one attached hydrogen (secondary N) is 1. The molecular formula is C10H6F3N4+. The lowest BCUT2D eigenvalue weighted by Gasteiger charge is -2.06. The van der Waals surface area contributed by atoms with Gasteiger partial charge in [0.25, 0.3) is 0 Å². The Balaban J connectivity index is 2.69. The van der Waals surface area contributed by atoms with Crippen molar-refractivity contribution in [3.05, 3.63) is 36.0 Å². The first-order valence-electron chi connectivity index (χ1n) is 4.56. The maximum Gasteiger partial charge on any atom is 0.416 e. The van der Waals surface area contributed by atoms with Crippen molar-refractivity contribution in [1.29, 1.82) is 5.53 Å². The average molecular weight is 239 g/mol. The van der Waals surface area contributed by atoms with Gasteiger partial charge < -0.3 is 0 Å². The van der Waals surface area contributed by atoms with Gasteiger partial charge in [-0.15, -0.1) is 0 Å². The molecule has 0 aliphatic carbocycles. The fraction of sp³-hybridized carbons (Fsp3) is 0.100. The van der Waals surface area contributed by atoms with Crippen molar-refractivity contribution in [2.24, 2.45) is 5.11 Å². The fourth-order valence-corrected chi connectivity index (χ4v) is 1.45. The van der Waals surface area contributed by atoms with Crippen LogP contribution in [-0.2, 0) is 6.18 Å². The number of hydrogen-bond acceptors (Lipinski definition) is 3. The Kier molecular flexibility index (Phi) is 2.61. The third kappa shape index (κ3) is 2.14. The second-order valence-electron chi connectivity index (χ2n) is 3.26. The highest BCUT2D eigenvalue weighted by Gasteiger charge is 2.30. The van der Waals surface area contributed by atoms with Crippen LogP contribution in [0.3, 0.4) is 0 Å². The zero-order chi connectivity index (χ0) is 12.5. The van der Waals surface area contributed by atoms with Gasteiger partial charge in [0.2, 0.25) is 4.91 Å². The molecule has 1 aromatic carbocycles. The first-order chi connectivity index (χ1) is 8.02. The molecule has 0 saturated carbocycles. The van der Waals surface area contributed by atoms with E-state index in [1.807, 2.05) is 0 Å². The summed E-state index contributed by atoms with van der Waals surface area (Å²) in [5.74, 6) is 0. The Bertz CT molecular complexity index is 614. The summed E-state index contributed by atoms with van der Waals surface area (Å²) in [6, 6.07) is 4.65. The smallest absolute Gasteiger partial charge is 0.256 e. The van der Waals surface area contributed by atoms with E-state index in [0.717, 1.165) is 12.1 Å². The molecule has 2 aromatic rings. The minimum Gasteiger partial charge on any atom is -0.256 e. The van der Waals surface area contributed by atoms with Crippen LogP contribution in [0, 0.1) is 5.53 Å². The summed E-state index contributed by atoms with van der Waals surface area (Å²) in [6.07, 6.45) is -3.07. The highest BCUT2D eigenvalue weighted by molar-refractivity contribution is 5.89. The number of fused-ring (bicyclic) bond motifs is 1. The van der Waals surface area contributed by atoms with Crippen molar-refractivity contribution >= 4 is 16.6 Å². The maximum atomic E-state index is 12.5. The van der Waals surface area contributed by atoms with E-state index in [9.17, 15) is 13.2 Å². The topological polar surface area (TPSA) is 63.2 Å². The van der Waals surface area contributed by atoms with Crippen LogP contribution in [-0.4, -0.2) is 4.98 Å². The van der Waals surface area contributed by atoms with Crippen molar-refractivity contribution in [2.45, 2.75) is 6.18 Å². The molecule has 1 N–H and O–H groups in total. The zero-order valence-electron chi connectivity index (χ0n) is 8.36. The Labute approximate surface area is 93.3 Å². The standard InChI is InChI=1S/C10H6F3N4/c11-10(12,13)6-1-2-7-8(16-17-14)3-4-15-9(7)5-6/h1-5,14H/q+1. The van der Waals surface area contributed by atoms with Crippen LogP contribution in [0.15, 0.2) is 35.6 Å². The predicted octanol–water partition coefficient (Wildman–Crippen LogP) is 3.44. The molecule has 1 aromatic heterocycles. The van der Waals surface area contributed by atoms with Gasteiger partial charge in [-0.25, -0.2) is 0 Å². The van der Waals surface area contributed by atoms with Gasteiger partial charge >= 0.3 is 6.18 Å². The molecular weight excluding hydrogens is 233 g/mol. The molecule has 0 saturated heterocycles. The van der Waals surface area contributed by atoms with Crippen molar-refractivity contribution in [2.75, 3.05) is 0 Å². The molecule has 2 rings (SSSR count). The van der Waals surface area contributed by atoms with E-state index >= 15 is 0 Å². The molecule has 0 amide bonds. The SMILES string of the molecule is N=[N+]=Nc1ccnc2cc(C(F)(F)F)ccc12. The first kappa shape index (κ1) is 11.2. The number of halogens is 3. The first-order valence-corrected chi connectivity index (χ1v) is 4.56. The van der Waals surface area contributed by atoms with E-state index in [2.05, 4.69) is 15.0 Å². The molecule has 86 valence electrons. The largest absolute Gasteiger partial charge is 0.416 e. The number of benzene rings is 1. The van der Waals surface area contributed by atoms with Gasteiger partial charge in [-0.05, 0) is 24.3 Å². The van der Waals surface area contributed by atoms with Crippen LogP contribution in [0.5, 0.6) is 0 Å². The van der Waals surface area contributed by atoms with Crippen LogP contribution >= 0.6 is 0 Å². The lowest BCUT2D eigenvalue weighted by atomic mass is 10.1. The number of nitrogens with zero attached hydrogens (tertiary/aromatic N) is 3. The lowest BCUT2D eigenvalue weighted by Crippen LogP contribution is -2.04. The third-order valence-electron chi connectivity index (χ3n) is 2.20.